The molecule has 4 nitrogen and oxygen atoms in total. The van der Waals surface area contributed by atoms with E-state index in [1.54, 1.807) is 0 Å². The zero-order valence-corrected chi connectivity index (χ0v) is 16.9. The minimum atomic E-state index is 0.833. The molecule has 0 aromatic rings. The van der Waals surface area contributed by atoms with E-state index in [1.807, 2.05) is 0 Å². The first-order valence-corrected chi connectivity index (χ1v) is 9.62. The summed E-state index contributed by atoms with van der Waals surface area (Å²) in [6, 6.07) is 0. The lowest BCUT2D eigenvalue weighted by Gasteiger charge is -2.30. The Hall–Kier alpha value is -0.160. The number of rotatable bonds is 16. The van der Waals surface area contributed by atoms with Crippen molar-refractivity contribution in [1.29, 1.82) is 0 Å². The molecule has 0 aliphatic carbocycles. The molecule has 0 saturated heterocycles. The third-order valence-corrected chi connectivity index (χ3v) is 4.62. The molecule has 0 radical (unpaired) electrons. The van der Waals surface area contributed by atoms with Crippen LogP contribution in [0.5, 0.6) is 0 Å². The molecule has 0 saturated carbocycles. The van der Waals surface area contributed by atoms with E-state index >= 15 is 0 Å². The summed E-state index contributed by atoms with van der Waals surface area (Å²) in [4.78, 5) is 0. The van der Waals surface area contributed by atoms with Crippen LogP contribution in [-0.4, -0.2) is 89.8 Å². The van der Waals surface area contributed by atoms with Crippen molar-refractivity contribution in [2.45, 2.75) is 46.0 Å². The van der Waals surface area contributed by atoms with Gasteiger partial charge in [-0.15, -0.1) is 0 Å². The highest BCUT2D eigenvalue weighted by Gasteiger charge is 2.15. The summed E-state index contributed by atoms with van der Waals surface area (Å²) in [6.07, 6.45) is 6.77. The summed E-state index contributed by atoms with van der Waals surface area (Å²) in [5.41, 5.74) is 0. The van der Waals surface area contributed by atoms with Gasteiger partial charge in [-0.05, 0) is 39.5 Å². The smallest absolute Gasteiger partial charge is 0.102 e. The number of ether oxygens (including phenoxy) is 2. The van der Waals surface area contributed by atoms with E-state index in [0.717, 1.165) is 48.5 Å². The van der Waals surface area contributed by atoms with Gasteiger partial charge in [0.05, 0.1) is 54.5 Å². The highest BCUT2D eigenvalue weighted by molar-refractivity contribution is 4.46. The Kier molecular flexibility index (Phi) is 13.1. The Morgan fingerprint density at radius 3 is 1.22 bits per heavy atom. The first kappa shape index (κ1) is 22.8. The summed E-state index contributed by atoms with van der Waals surface area (Å²) in [7, 11) is 9.27. The third-order valence-electron chi connectivity index (χ3n) is 4.62. The van der Waals surface area contributed by atoms with Gasteiger partial charge in [-0.25, -0.2) is 0 Å². The van der Waals surface area contributed by atoms with E-state index in [0.29, 0.717) is 0 Å². The lowest BCUT2D eigenvalue weighted by Crippen LogP contribution is -2.43. The lowest BCUT2D eigenvalue weighted by molar-refractivity contribution is -0.891. The van der Waals surface area contributed by atoms with E-state index < -0.39 is 0 Å². The average molecular weight is 333 g/mol. The van der Waals surface area contributed by atoms with Gasteiger partial charge in [0.25, 0.3) is 0 Å². The minimum absolute atomic E-state index is 0.833. The Balaban J connectivity index is 3.54. The fraction of sp³-hybridized carbons (Fsp3) is 1.00. The summed E-state index contributed by atoms with van der Waals surface area (Å²) in [5.74, 6) is 0. The monoisotopic (exact) mass is 332 g/mol. The Morgan fingerprint density at radius 2 is 0.870 bits per heavy atom. The van der Waals surface area contributed by atoms with Crippen molar-refractivity contribution in [2.24, 2.45) is 0 Å². The van der Waals surface area contributed by atoms with Crippen LogP contribution in [0.4, 0.5) is 0 Å². The van der Waals surface area contributed by atoms with E-state index in [4.69, 9.17) is 9.47 Å². The molecule has 0 bridgehead atoms. The van der Waals surface area contributed by atoms with E-state index in [2.05, 4.69) is 42.0 Å². The molecule has 0 N–H and O–H groups in total. The van der Waals surface area contributed by atoms with Crippen LogP contribution in [0.25, 0.3) is 0 Å². The molecule has 23 heavy (non-hydrogen) atoms. The van der Waals surface area contributed by atoms with Gasteiger partial charge < -0.3 is 18.4 Å². The maximum Gasteiger partial charge on any atom is 0.102 e. The second kappa shape index (κ2) is 13.2. The van der Waals surface area contributed by atoms with Crippen LogP contribution in [0.3, 0.4) is 0 Å². The van der Waals surface area contributed by atoms with Crippen molar-refractivity contribution in [3.63, 3.8) is 0 Å². The Labute approximate surface area is 145 Å². The number of unbranched alkanes of at least 4 members (excludes halogenated alkanes) is 4. The second-order valence-electron chi connectivity index (χ2n) is 7.93. The molecular formula is C19H44N2O2+2. The Morgan fingerprint density at radius 1 is 0.522 bits per heavy atom. The number of quaternary nitrogens is 2. The molecule has 0 aromatic carbocycles. The topological polar surface area (TPSA) is 18.5 Å². The number of likely N-dealkylation sites (N-methyl/N-ethyl adjacent to an activating group) is 2. The number of nitrogens with zero attached hydrogens (tertiary/aromatic N) is 2. The van der Waals surface area contributed by atoms with Crippen molar-refractivity contribution in [3.8, 4) is 0 Å². The largest absolute Gasteiger partial charge is 0.376 e. The maximum absolute atomic E-state index is 5.47. The molecule has 4 heteroatoms. The first-order valence-electron chi connectivity index (χ1n) is 9.62. The van der Waals surface area contributed by atoms with Crippen molar-refractivity contribution < 1.29 is 18.4 Å². The standard InChI is InChI=1S/C19H44N2O2/c1-7-22-18-16-20(3,4)14-12-10-9-11-13-15-21(5,6)17-19-23-8-2/h7-19H2,1-6H3/q+2. The van der Waals surface area contributed by atoms with Crippen LogP contribution in [0.2, 0.25) is 0 Å². The zero-order chi connectivity index (χ0) is 17.6. The van der Waals surface area contributed by atoms with Gasteiger partial charge in [-0.3, -0.25) is 0 Å². The number of hydrogen-bond acceptors (Lipinski definition) is 2. The molecule has 0 amide bonds. The summed E-state index contributed by atoms with van der Waals surface area (Å²) in [5, 5.41) is 0. The van der Waals surface area contributed by atoms with Crippen molar-refractivity contribution in [1.82, 2.24) is 0 Å². The Bertz CT molecular complexity index is 242. The lowest BCUT2D eigenvalue weighted by atomic mass is 10.1. The van der Waals surface area contributed by atoms with Crippen LogP contribution in [0.15, 0.2) is 0 Å². The van der Waals surface area contributed by atoms with Gasteiger partial charge in [0.15, 0.2) is 0 Å². The van der Waals surface area contributed by atoms with Crippen LogP contribution < -0.4 is 0 Å². The van der Waals surface area contributed by atoms with Crippen molar-refractivity contribution >= 4 is 0 Å². The molecule has 0 rings (SSSR count). The zero-order valence-electron chi connectivity index (χ0n) is 16.9. The van der Waals surface area contributed by atoms with Gasteiger partial charge in [0.2, 0.25) is 0 Å². The second-order valence-corrected chi connectivity index (χ2v) is 7.93. The summed E-state index contributed by atoms with van der Waals surface area (Å²) in [6.45, 7) is 12.4. The van der Waals surface area contributed by atoms with E-state index in [1.165, 1.54) is 45.2 Å². The quantitative estimate of drug-likeness (QED) is 0.319. The van der Waals surface area contributed by atoms with E-state index in [9.17, 15) is 0 Å². The molecule has 0 aliphatic heterocycles. The first-order chi connectivity index (χ1) is 10.8. The van der Waals surface area contributed by atoms with Gasteiger partial charge >= 0.3 is 0 Å². The molecule has 0 atom stereocenters. The fourth-order valence-corrected chi connectivity index (χ4v) is 2.75. The molecule has 0 aliphatic rings. The van der Waals surface area contributed by atoms with E-state index in [-0.39, 0.29) is 0 Å². The molecule has 0 fully saturated rings. The van der Waals surface area contributed by atoms with Crippen LogP contribution in [0.1, 0.15) is 46.0 Å². The molecular weight excluding hydrogens is 288 g/mol. The fourth-order valence-electron chi connectivity index (χ4n) is 2.75. The van der Waals surface area contributed by atoms with Gasteiger partial charge in [0.1, 0.15) is 13.1 Å². The molecule has 0 unspecified atom stereocenters. The predicted octanol–water partition coefficient (Wildman–Crippen LogP) is 3.16. The SMILES string of the molecule is CCOCC[N+](C)(C)CCCCCCC[N+](C)(C)CCOCC. The van der Waals surface area contributed by atoms with Crippen molar-refractivity contribution in [3.05, 3.63) is 0 Å². The van der Waals surface area contributed by atoms with Crippen molar-refractivity contribution in [2.75, 3.05) is 80.8 Å². The van der Waals surface area contributed by atoms with Crippen LogP contribution in [0, 0.1) is 0 Å². The van der Waals surface area contributed by atoms with Crippen LogP contribution in [-0.2, 0) is 9.47 Å². The van der Waals surface area contributed by atoms with Gasteiger partial charge in [-0.2, -0.15) is 0 Å². The summed E-state index contributed by atoms with van der Waals surface area (Å²) < 4.78 is 13.1. The van der Waals surface area contributed by atoms with Gasteiger partial charge in [-0.1, -0.05) is 6.42 Å². The molecule has 0 heterocycles. The average Bonchev–Trinajstić information content (AvgIpc) is 2.46. The number of hydrogen-bond donors (Lipinski definition) is 0. The normalized spacial score (nSPS) is 12.8. The molecule has 0 spiro atoms. The minimum Gasteiger partial charge on any atom is -0.376 e. The summed E-state index contributed by atoms with van der Waals surface area (Å²) >= 11 is 0. The highest BCUT2D eigenvalue weighted by atomic mass is 16.5. The highest BCUT2D eigenvalue weighted by Crippen LogP contribution is 2.09. The third kappa shape index (κ3) is 15.1. The molecule has 140 valence electrons. The van der Waals surface area contributed by atoms with Crippen LogP contribution >= 0.6 is 0 Å². The molecule has 0 aromatic heterocycles. The predicted molar refractivity (Wildman–Crippen MR) is 99.8 cm³/mol. The van der Waals surface area contributed by atoms with Gasteiger partial charge in [0, 0.05) is 13.2 Å². The maximum atomic E-state index is 5.47.